The molecule has 4 amide bonds. The Morgan fingerprint density at radius 2 is 1.79 bits per heavy atom. The highest BCUT2D eigenvalue weighted by atomic mass is 16.6. The van der Waals surface area contributed by atoms with Crippen LogP contribution in [0.15, 0.2) is 30.3 Å². The van der Waals surface area contributed by atoms with Gasteiger partial charge in [-0.3, -0.25) is 14.4 Å². The average molecular weight is 479 g/mol. The first kappa shape index (κ1) is 28.9. The summed E-state index contributed by atoms with van der Waals surface area (Å²) in [5.74, 6) is -1.69. The van der Waals surface area contributed by atoms with E-state index in [1.54, 1.807) is 51.1 Å². The number of nitrogens with one attached hydrogen (secondary N) is 2. The van der Waals surface area contributed by atoms with Crippen molar-refractivity contribution in [1.29, 1.82) is 0 Å². The van der Waals surface area contributed by atoms with Gasteiger partial charge < -0.3 is 31.1 Å². The maximum Gasteiger partial charge on any atom is 0.408 e. The van der Waals surface area contributed by atoms with Crippen molar-refractivity contribution >= 4 is 23.8 Å². The maximum absolute atomic E-state index is 13.6. The number of nitrogens with zero attached hydrogens (tertiary/aromatic N) is 1. The molecule has 0 heterocycles. The van der Waals surface area contributed by atoms with Crippen LogP contribution in [0.4, 0.5) is 4.79 Å². The van der Waals surface area contributed by atoms with Crippen molar-refractivity contribution in [3.05, 3.63) is 35.9 Å². The van der Waals surface area contributed by atoms with Gasteiger partial charge in [-0.15, -0.1) is 0 Å². The fraction of sp³-hybridized carbons (Fsp3) is 0.583. The molecule has 34 heavy (non-hydrogen) atoms. The van der Waals surface area contributed by atoms with Gasteiger partial charge >= 0.3 is 6.09 Å². The highest BCUT2D eigenvalue weighted by Crippen LogP contribution is 2.23. The Bertz CT molecular complexity index is 809. The van der Waals surface area contributed by atoms with Gasteiger partial charge in [-0.2, -0.15) is 0 Å². The summed E-state index contributed by atoms with van der Waals surface area (Å²) in [5, 5.41) is 15.0. The van der Waals surface area contributed by atoms with Crippen LogP contribution in [-0.4, -0.2) is 65.2 Å². The van der Waals surface area contributed by atoms with E-state index in [9.17, 15) is 24.3 Å². The Morgan fingerprint density at radius 1 is 1.15 bits per heavy atom. The molecule has 0 radical (unpaired) electrons. The lowest BCUT2D eigenvalue weighted by Crippen LogP contribution is -2.54. The largest absolute Gasteiger partial charge is 0.444 e. The molecule has 0 fully saturated rings. The van der Waals surface area contributed by atoms with Crippen LogP contribution in [0, 0.1) is 0 Å². The van der Waals surface area contributed by atoms with Crippen LogP contribution in [-0.2, 0) is 19.1 Å². The van der Waals surface area contributed by atoms with E-state index in [1.165, 1.54) is 4.90 Å². The number of nitrogens with two attached hydrogens (primary N) is 1. The molecule has 10 heteroatoms. The van der Waals surface area contributed by atoms with Crippen molar-refractivity contribution in [2.24, 2.45) is 5.73 Å². The van der Waals surface area contributed by atoms with E-state index in [1.807, 2.05) is 6.92 Å². The SMILES string of the molecule is CCCCNC(=O)C(c1ccccc1)N(CCO)C(=O)C(CCC(N)=O)NC(=O)OC(C)(C)C. The lowest BCUT2D eigenvalue weighted by Gasteiger charge is -2.34. The fourth-order valence-corrected chi connectivity index (χ4v) is 3.26. The molecule has 2 atom stereocenters. The molecule has 0 saturated heterocycles. The number of carbonyl (C=O) groups excluding carboxylic acids is 4. The zero-order valence-electron chi connectivity index (χ0n) is 20.5. The van der Waals surface area contributed by atoms with Gasteiger partial charge in [0.05, 0.1) is 6.61 Å². The number of amides is 4. The number of aliphatic hydroxyl groups excluding tert-OH is 1. The van der Waals surface area contributed by atoms with E-state index in [0.29, 0.717) is 12.1 Å². The molecule has 0 aliphatic heterocycles. The van der Waals surface area contributed by atoms with Crippen LogP contribution in [0.25, 0.3) is 0 Å². The van der Waals surface area contributed by atoms with Gasteiger partial charge in [-0.1, -0.05) is 43.7 Å². The predicted octanol–water partition coefficient (Wildman–Crippen LogP) is 1.62. The number of alkyl carbamates (subject to hydrolysis) is 1. The third-order valence-electron chi connectivity index (χ3n) is 4.80. The summed E-state index contributed by atoms with van der Waals surface area (Å²) in [6, 6.07) is 6.45. The van der Waals surface area contributed by atoms with E-state index in [0.717, 1.165) is 12.8 Å². The molecule has 0 saturated carbocycles. The van der Waals surface area contributed by atoms with Gasteiger partial charge in [0.25, 0.3) is 0 Å². The lowest BCUT2D eigenvalue weighted by molar-refractivity contribution is -0.143. The van der Waals surface area contributed by atoms with Crippen LogP contribution in [0.1, 0.15) is 65.0 Å². The highest BCUT2D eigenvalue weighted by molar-refractivity contribution is 5.92. The minimum atomic E-state index is -1.19. The molecule has 0 aromatic heterocycles. The number of carbonyl (C=O) groups is 4. The van der Waals surface area contributed by atoms with Gasteiger partial charge in [0.2, 0.25) is 17.7 Å². The van der Waals surface area contributed by atoms with Gasteiger partial charge in [-0.05, 0) is 39.2 Å². The molecule has 1 rings (SSSR count). The Labute approximate surface area is 201 Å². The molecule has 190 valence electrons. The van der Waals surface area contributed by atoms with E-state index >= 15 is 0 Å². The molecule has 10 nitrogen and oxygen atoms in total. The first-order chi connectivity index (χ1) is 16.0. The summed E-state index contributed by atoms with van der Waals surface area (Å²) in [4.78, 5) is 51.8. The summed E-state index contributed by atoms with van der Waals surface area (Å²) >= 11 is 0. The summed E-state index contributed by atoms with van der Waals surface area (Å²) < 4.78 is 5.26. The second-order valence-corrected chi connectivity index (χ2v) is 8.92. The molecular formula is C24H38N4O6. The molecule has 1 aromatic carbocycles. The van der Waals surface area contributed by atoms with Crippen molar-refractivity contribution in [2.75, 3.05) is 19.7 Å². The van der Waals surface area contributed by atoms with Gasteiger partial charge in [0.15, 0.2) is 0 Å². The second-order valence-electron chi connectivity index (χ2n) is 8.92. The minimum Gasteiger partial charge on any atom is -0.444 e. The second kappa shape index (κ2) is 14.2. The lowest BCUT2D eigenvalue weighted by atomic mass is 10.0. The van der Waals surface area contributed by atoms with Crippen molar-refractivity contribution in [3.63, 3.8) is 0 Å². The van der Waals surface area contributed by atoms with E-state index in [4.69, 9.17) is 10.5 Å². The van der Waals surface area contributed by atoms with Gasteiger partial charge in [0.1, 0.15) is 17.7 Å². The molecule has 5 N–H and O–H groups in total. The van der Waals surface area contributed by atoms with E-state index in [2.05, 4.69) is 10.6 Å². The monoisotopic (exact) mass is 478 g/mol. The van der Waals surface area contributed by atoms with Crippen molar-refractivity contribution in [1.82, 2.24) is 15.5 Å². The van der Waals surface area contributed by atoms with E-state index in [-0.39, 0.29) is 19.4 Å². The molecule has 1 aromatic rings. The van der Waals surface area contributed by atoms with Crippen LogP contribution in [0.5, 0.6) is 0 Å². The molecule has 0 aliphatic carbocycles. The normalized spacial score (nSPS) is 12.9. The molecule has 0 bridgehead atoms. The number of benzene rings is 1. The average Bonchev–Trinajstić information content (AvgIpc) is 2.75. The topological polar surface area (TPSA) is 151 Å². The van der Waals surface area contributed by atoms with Crippen LogP contribution in [0.3, 0.4) is 0 Å². The number of primary amides is 1. The predicted molar refractivity (Wildman–Crippen MR) is 127 cm³/mol. The van der Waals surface area contributed by atoms with Crippen LogP contribution >= 0.6 is 0 Å². The first-order valence-electron chi connectivity index (χ1n) is 11.5. The smallest absolute Gasteiger partial charge is 0.408 e. The van der Waals surface area contributed by atoms with Crippen LogP contribution < -0.4 is 16.4 Å². The number of aliphatic hydroxyl groups is 1. The summed E-state index contributed by atoms with van der Waals surface area (Å²) in [7, 11) is 0. The molecular weight excluding hydrogens is 440 g/mol. The number of ether oxygens (including phenoxy) is 1. The quantitative estimate of drug-likeness (QED) is 0.316. The maximum atomic E-state index is 13.6. The standard InChI is InChI=1S/C24H38N4O6/c1-5-6-14-26-21(31)20(17-10-8-7-9-11-17)28(15-16-29)22(32)18(12-13-19(25)30)27-23(33)34-24(2,3)4/h7-11,18,20,29H,5-6,12-16H2,1-4H3,(H2,25,30)(H,26,31)(H,27,33). The Hall–Kier alpha value is -3.14. The molecule has 2 unspecified atom stereocenters. The van der Waals surface area contributed by atoms with Gasteiger partial charge in [-0.25, -0.2) is 4.79 Å². The zero-order valence-corrected chi connectivity index (χ0v) is 20.5. The number of hydrogen-bond donors (Lipinski definition) is 4. The Kier molecular flexibility index (Phi) is 12.1. The third-order valence-corrected chi connectivity index (χ3v) is 4.80. The number of unbranched alkanes of at least 4 members (excludes halogenated alkanes) is 1. The summed E-state index contributed by atoms with van der Waals surface area (Å²) in [5.41, 5.74) is 5.00. The van der Waals surface area contributed by atoms with Crippen molar-refractivity contribution in [3.8, 4) is 0 Å². The minimum absolute atomic E-state index is 0.0890. The highest BCUT2D eigenvalue weighted by Gasteiger charge is 2.36. The molecule has 0 spiro atoms. The fourth-order valence-electron chi connectivity index (χ4n) is 3.26. The number of hydrogen-bond acceptors (Lipinski definition) is 6. The zero-order chi connectivity index (χ0) is 25.7. The first-order valence-corrected chi connectivity index (χ1v) is 11.5. The van der Waals surface area contributed by atoms with Crippen molar-refractivity contribution < 1.29 is 29.0 Å². The summed E-state index contributed by atoms with van der Waals surface area (Å²) in [6.07, 6.45) is 0.544. The van der Waals surface area contributed by atoms with Crippen LogP contribution in [0.2, 0.25) is 0 Å². The van der Waals surface area contributed by atoms with Crippen molar-refractivity contribution in [2.45, 2.75) is 71.1 Å². The van der Waals surface area contributed by atoms with Gasteiger partial charge in [0, 0.05) is 19.5 Å². The number of rotatable bonds is 13. The van der Waals surface area contributed by atoms with E-state index < -0.39 is 48.1 Å². The molecule has 0 aliphatic rings. The summed E-state index contributed by atoms with van der Waals surface area (Å²) in [6.45, 7) is 6.88. The Morgan fingerprint density at radius 3 is 2.32 bits per heavy atom. The third kappa shape index (κ3) is 10.2. The Balaban J connectivity index is 3.31.